The fraction of sp³-hybridized carbons (Fsp3) is 1.00. The Morgan fingerprint density at radius 2 is 1.75 bits per heavy atom. The molecule has 71 valence electrons. The van der Waals surface area contributed by atoms with E-state index < -0.39 is 8.32 Å². The Morgan fingerprint density at radius 3 is 2.00 bits per heavy atom. The van der Waals surface area contributed by atoms with Crippen molar-refractivity contribution in [3.8, 4) is 0 Å². The summed E-state index contributed by atoms with van der Waals surface area (Å²) in [6, 6.07) is 1.03. The van der Waals surface area contributed by atoms with E-state index in [2.05, 4.69) is 20.0 Å². The van der Waals surface area contributed by atoms with Crippen molar-refractivity contribution in [2.45, 2.75) is 39.1 Å². The van der Waals surface area contributed by atoms with E-state index in [1.165, 1.54) is 0 Å². The monoisotopic (exact) mass is 265 g/mol. The molecule has 0 rings (SSSR count). The Bertz CT molecular complexity index is 118. The van der Waals surface area contributed by atoms with Gasteiger partial charge in [0.1, 0.15) is 0 Å². The van der Waals surface area contributed by atoms with Crippen LogP contribution >= 0.6 is 0 Å². The maximum Gasteiger partial charge on any atom is 0.186 e. The maximum absolute atomic E-state index is 9.25. The predicted molar refractivity (Wildman–Crippen MR) is 50.1 cm³/mol. The quantitative estimate of drug-likeness (QED) is 0.786. The largest absolute Gasteiger partial charge is 0.420 e. The van der Waals surface area contributed by atoms with E-state index >= 15 is 0 Å². The average molecular weight is 265 g/mol. The first-order valence-electron chi connectivity index (χ1n) is 4.12. The van der Waals surface area contributed by atoms with Gasteiger partial charge in [-0.15, -0.1) is 0 Å². The van der Waals surface area contributed by atoms with Crippen LogP contribution in [0.15, 0.2) is 0 Å². The van der Waals surface area contributed by atoms with Crippen LogP contribution in [0.1, 0.15) is 13.8 Å². The SMILES string of the molecule is CO[Si](C)(C)CC(C)C(C)O.[Y]. The summed E-state index contributed by atoms with van der Waals surface area (Å²) in [5, 5.41) is 9.25. The van der Waals surface area contributed by atoms with Gasteiger partial charge in [-0.25, -0.2) is 0 Å². The minimum absolute atomic E-state index is 0. The molecule has 0 bridgehead atoms. The third-order valence-electron chi connectivity index (χ3n) is 2.19. The van der Waals surface area contributed by atoms with Crippen LogP contribution in [0.2, 0.25) is 19.1 Å². The predicted octanol–water partition coefficient (Wildman–Crippen LogP) is 1.85. The molecule has 0 aliphatic rings. The van der Waals surface area contributed by atoms with Crippen LogP contribution in [0.3, 0.4) is 0 Å². The Balaban J connectivity index is 0. The normalized spacial score (nSPS) is 16.5. The van der Waals surface area contributed by atoms with Crippen LogP contribution in [-0.4, -0.2) is 26.6 Å². The molecule has 0 saturated heterocycles. The second kappa shape index (κ2) is 6.66. The van der Waals surface area contributed by atoms with Gasteiger partial charge in [-0.2, -0.15) is 0 Å². The van der Waals surface area contributed by atoms with E-state index in [1.54, 1.807) is 7.11 Å². The fourth-order valence-electron chi connectivity index (χ4n) is 1.03. The molecule has 2 nitrogen and oxygen atoms in total. The number of aliphatic hydroxyl groups is 1. The molecule has 4 heteroatoms. The second-order valence-corrected chi connectivity index (χ2v) is 8.22. The minimum atomic E-state index is -1.46. The van der Waals surface area contributed by atoms with Crippen LogP contribution < -0.4 is 0 Å². The Morgan fingerprint density at radius 1 is 1.33 bits per heavy atom. The third-order valence-corrected chi connectivity index (χ3v) is 4.92. The Kier molecular flexibility index (Phi) is 8.71. The summed E-state index contributed by atoms with van der Waals surface area (Å²) in [4.78, 5) is 0. The molecule has 1 N–H and O–H groups in total. The molecule has 0 aromatic carbocycles. The van der Waals surface area contributed by atoms with Gasteiger partial charge < -0.3 is 9.53 Å². The van der Waals surface area contributed by atoms with E-state index in [0.29, 0.717) is 5.92 Å². The summed E-state index contributed by atoms with van der Waals surface area (Å²) in [6.07, 6.45) is -0.211. The molecular weight excluding hydrogens is 245 g/mol. The van der Waals surface area contributed by atoms with Gasteiger partial charge in [0, 0.05) is 39.8 Å². The molecule has 0 aromatic heterocycles. The minimum Gasteiger partial charge on any atom is -0.420 e. The zero-order chi connectivity index (χ0) is 9.07. The molecule has 0 fully saturated rings. The molecule has 2 atom stereocenters. The summed E-state index contributed by atoms with van der Waals surface area (Å²) in [7, 11) is 0.302. The summed E-state index contributed by atoms with van der Waals surface area (Å²) < 4.78 is 5.39. The second-order valence-electron chi connectivity index (χ2n) is 3.89. The zero-order valence-corrected chi connectivity index (χ0v) is 12.6. The first-order chi connectivity index (χ1) is 4.89. The van der Waals surface area contributed by atoms with Gasteiger partial charge in [-0.1, -0.05) is 6.92 Å². The van der Waals surface area contributed by atoms with Crippen LogP contribution in [-0.2, 0) is 37.1 Å². The van der Waals surface area contributed by atoms with Crippen molar-refractivity contribution >= 4 is 8.32 Å². The molecule has 1 radical (unpaired) electrons. The topological polar surface area (TPSA) is 29.5 Å². The van der Waals surface area contributed by atoms with E-state index in [9.17, 15) is 5.11 Å². The molecule has 0 spiro atoms. The molecule has 0 aromatic rings. The molecule has 12 heavy (non-hydrogen) atoms. The average Bonchev–Trinajstić information content (AvgIpc) is 1.87. The summed E-state index contributed by atoms with van der Waals surface area (Å²) in [6.45, 7) is 8.25. The number of rotatable bonds is 4. The summed E-state index contributed by atoms with van der Waals surface area (Å²) in [5.74, 6) is 0.358. The van der Waals surface area contributed by atoms with Crippen LogP contribution in [0, 0.1) is 5.92 Å². The van der Waals surface area contributed by atoms with Gasteiger partial charge in [0.25, 0.3) is 0 Å². The number of hydrogen-bond acceptors (Lipinski definition) is 2. The zero-order valence-electron chi connectivity index (χ0n) is 8.79. The smallest absolute Gasteiger partial charge is 0.186 e. The van der Waals surface area contributed by atoms with Crippen molar-refractivity contribution in [2.75, 3.05) is 7.11 Å². The van der Waals surface area contributed by atoms with Gasteiger partial charge in [0.15, 0.2) is 8.32 Å². The van der Waals surface area contributed by atoms with Gasteiger partial charge in [0.05, 0.1) is 6.10 Å². The van der Waals surface area contributed by atoms with Gasteiger partial charge in [0.2, 0.25) is 0 Å². The molecule has 2 unspecified atom stereocenters. The van der Waals surface area contributed by atoms with Crippen molar-refractivity contribution in [1.82, 2.24) is 0 Å². The molecule has 0 aliphatic carbocycles. The molecule has 0 amide bonds. The van der Waals surface area contributed by atoms with E-state index in [-0.39, 0.29) is 38.8 Å². The van der Waals surface area contributed by atoms with Crippen LogP contribution in [0.5, 0.6) is 0 Å². The molecule has 0 heterocycles. The molecular formula is C8H20O2SiY. The van der Waals surface area contributed by atoms with E-state index in [1.807, 2.05) is 6.92 Å². The third kappa shape index (κ3) is 6.72. The van der Waals surface area contributed by atoms with Crippen molar-refractivity contribution in [1.29, 1.82) is 0 Å². The Hall–Kier alpha value is 1.24. The fourth-order valence-corrected chi connectivity index (χ4v) is 3.09. The standard InChI is InChI=1S/C8H20O2Si.Y/c1-7(8(2)9)6-11(4,5)10-3;/h7-9H,6H2,1-5H3;. The van der Waals surface area contributed by atoms with Gasteiger partial charge in [-0.3, -0.25) is 0 Å². The summed E-state index contributed by atoms with van der Waals surface area (Å²) >= 11 is 0. The van der Waals surface area contributed by atoms with Crippen LogP contribution in [0.4, 0.5) is 0 Å². The Labute approximate surface area is 102 Å². The van der Waals surface area contributed by atoms with Gasteiger partial charge in [-0.05, 0) is 32.0 Å². The molecule has 0 saturated carbocycles. The first-order valence-corrected chi connectivity index (χ1v) is 7.24. The number of aliphatic hydroxyl groups excluding tert-OH is 1. The van der Waals surface area contributed by atoms with Crippen molar-refractivity contribution in [3.63, 3.8) is 0 Å². The molecule has 0 aliphatic heterocycles. The van der Waals surface area contributed by atoms with Crippen LogP contribution in [0.25, 0.3) is 0 Å². The summed E-state index contributed by atoms with van der Waals surface area (Å²) in [5.41, 5.74) is 0. The van der Waals surface area contributed by atoms with E-state index in [0.717, 1.165) is 6.04 Å². The van der Waals surface area contributed by atoms with E-state index in [4.69, 9.17) is 4.43 Å². The van der Waals surface area contributed by atoms with Gasteiger partial charge >= 0.3 is 0 Å². The maximum atomic E-state index is 9.25. The first kappa shape index (κ1) is 15.7. The number of hydrogen-bond donors (Lipinski definition) is 1. The van der Waals surface area contributed by atoms with Crippen molar-refractivity contribution in [3.05, 3.63) is 0 Å². The van der Waals surface area contributed by atoms with Crippen molar-refractivity contribution in [2.24, 2.45) is 5.92 Å². The van der Waals surface area contributed by atoms with Crippen molar-refractivity contribution < 1.29 is 42.2 Å².